The zero-order chi connectivity index (χ0) is 11.5. The molecule has 0 spiro atoms. The molecule has 98 valence electrons. The molecule has 2 N–H and O–H groups in total. The van der Waals surface area contributed by atoms with Crippen LogP contribution in [0.5, 0.6) is 0 Å². The number of hydrogen-bond acceptors (Lipinski definition) is 1. The third kappa shape index (κ3) is 12.1. The molecule has 0 amide bonds. The number of hydrogen-bond donors (Lipinski definition) is 2. The van der Waals surface area contributed by atoms with Gasteiger partial charge in [0.15, 0.2) is 5.96 Å². The summed E-state index contributed by atoms with van der Waals surface area (Å²) in [5.41, 5.74) is 0. The van der Waals surface area contributed by atoms with Gasteiger partial charge in [0.1, 0.15) is 0 Å². The van der Waals surface area contributed by atoms with Crippen molar-refractivity contribution >= 4 is 29.9 Å². The molecule has 0 saturated carbocycles. The Morgan fingerprint density at radius 3 is 2.25 bits per heavy atom. The first-order chi connectivity index (χ1) is 7.20. The molecule has 0 radical (unpaired) electrons. The lowest BCUT2D eigenvalue weighted by atomic mass is 10.0. The van der Waals surface area contributed by atoms with Crippen molar-refractivity contribution < 1.29 is 0 Å². The van der Waals surface area contributed by atoms with Crippen LogP contribution in [-0.2, 0) is 0 Å². The summed E-state index contributed by atoms with van der Waals surface area (Å²) in [6.07, 6.45) is 6.65. The third-order valence-electron chi connectivity index (χ3n) is 2.46. The largest absolute Gasteiger partial charge is 0.359 e. The first-order valence-corrected chi connectivity index (χ1v) is 6.09. The molecule has 0 bridgehead atoms. The Kier molecular flexibility index (Phi) is 15.0. The van der Waals surface area contributed by atoms with E-state index < -0.39 is 0 Å². The highest BCUT2D eigenvalue weighted by molar-refractivity contribution is 14.0. The summed E-state index contributed by atoms with van der Waals surface area (Å²) in [5, 5.41) is 6.27. The minimum atomic E-state index is 0. The second-order valence-corrected chi connectivity index (χ2v) is 4.35. The van der Waals surface area contributed by atoms with Crippen LogP contribution in [-0.4, -0.2) is 26.6 Å². The van der Waals surface area contributed by atoms with E-state index in [1.54, 1.807) is 7.05 Å². The van der Waals surface area contributed by atoms with Gasteiger partial charge in [-0.1, -0.05) is 39.5 Å². The van der Waals surface area contributed by atoms with Gasteiger partial charge < -0.3 is 10.6 Å². The van der Waals surface area contributed by atoms with Crippen molar-refractivity contribution in [3.63, 3.8) is 0 Å². The third-order valence-corrected chi connectivity index (χ3v) is 2.46. The second kappa shape index (κ2) is 13.1. The van der Waals surface area contributed by atoms with Crippen molar-refractivity contribution in [1.29, 1.82) is 0 Å². The molecule has 0 rings (SSSR count). The lowest BCUT2D eigenvalue weighted by Crippen LogP contribution is -2.35. The van der Waals surface area contributed by atoms with E-state index in [4.69, 9.17) is 0 Å². The van der Waals surface area contributed by atoms with Crippen LogP contribution in [0.2, 0.25) is 0 Å². The average Bonchev–Trinajstić information content (AvgIpc) is 2.22. The normalized spacial score (nSPS) is 11.2. The number of aliphatic imine (C=N–C) groups is 1. The Morgan fingerprint density at radius 1 is 1.12 bits per heavy atom. The highest BCUT2D eigenvalue weighted by atomic mass is 127. The van der Waals surface area contributed by atoms with E-state index in [0.717, 1.165) is 18.4 Å². The van der Waals surface area contributed by atoms with Crippen LogP contribution in [0.15, 0.2) is 4.99 Å². The molecule has 0 saturated heterocycles. The highest BCUT2D eigenvalue weighted by Gasteiger charge is 1.95. The molecule has 3 nitrogen and oxygen atoms in total. The number of nitrogens with one attached hydrogen (secondary N) is 2. The van der Waals surface area contributed by atoms with Gasteiger partial charge in [-0.05, 0) is 12.3 Å². The minimum Gasteiger partial charge on any atom is -0.359 e. The van der Waals surface area contributed by atoms with Crippen LogP contribution in [0.3, 0.4) is 0 Å². The number of rotatable bonds is 7. The Morgan fingerprint density at radius 2 is 1.75 bits per heavy atom. The van der Waals surface area contributed by atoms with Crippen molar-refractivity contribution in [3.8, 4) is 0 Å². The Labute approximate surface area is 118 Å². The second-order valence-electron chi connectivity index (χ2n) is 4.35. The summed E-state index contributed by atoms with van der Waals surface area (Å²) in [7, 11) is 3.68. The molecule has 0 aliphatic carbocycles. The molecule has 4 heteroatoms. The van der Waals surface area contributed by atoms with Crippen molar-refractivity contribution in [1.82, 2.24) is 10.6 Å². The van der Waals surface area contributed by atoms with Crippen LogP contribution in [0.25, 0.3) is 0 Å². The topological polar surface area (TPSA) is 36.4 Å². The molecule has 0 aliphatic heterocycles. The summed E-state index contributed by atoms with van der Waals surface area (Å²) in [4.78, 5) is 4.06. The quantitative estimate of drug-likeness (QED) is 0.323. The standard InChI is InChI=1S/C12H27N3.HI/c1-11(2)9-7-5-6-8-10-15-12(13-3)14-4;/h11H,5-10H2,1-4H3,(H2,13,14,15);1H. The predicted octanol–water partition coefficient (Wildman–Crippen LogP) is 3.01. The number of nitrogens with zero attached hydrogens (tertiary/aromatic N) is 1. The van der Waals surface area contributed by atoms with Gasteiger partial charge in [-0.2, -0.15) is 0 Å². The summed E-state index contributed by atoms with van der Waals surface area (Å²) in [6, 6.07) is 0. The van der Waals surface area contributed by atoms with Crippen molar-refractivity contribution in [2.75, 3.05) is 20.6 Å². The number of guanidine groups is 1. The molecule has 0 unspecified atom stereocenters. The van der Waals surface area contributed by atoms with E-state index in [1.807, 2.05) is 7.05 Å². The predicted molar refractivity (Wildman–Crippen MR) is 83.8 cm³/mol. The zero-order valence-electron chi connectivity index (χ0n) is 11.2. The molecule has 0 atom stereocenters. The average molecular weight is 341 g/mol. The Bertz CT molecular complexity index is 170. The first-order valence-electron chi connectivity index (χ1n) is 6.09. The van der Waals surface area contributed by atoms with Crippen LogP contribution in [0.4, 0.5) is 0 Å². The van der Waals surface area contributed by atoms with Crippen LogP contribution in [0, 0.1) is 5.92 Å². The van der Waals surface area contributed by atoms with E-state index in [2.05, 4.69) is 29.5 Å². The van der Waals surface area contributed by atoms with Gasteiger partial charge in [0.2, 0.25) is 0 Å². The van der Waals surface area contributed by atoms with Crippen molar-refractivity contribution in [2.24, 2.45) is 10.9 Å². The van der Waals surface area contributed by atoms with E-state index in [9.17, 15) is 0 Å². The molecule has 0 heterocycles. The van der Waals surface area contributed by atoms with E-state index >= 15 is 0 Å². The Hall–Kier alpha value is 0. The fraction of sp³-hybridized carbons (Fsp3) is 0.917. The summed E-state index contributed by atoms with van der Waals surface area (Å²) in [6.45, 7) is 5.60. The van der Waals surface area contributed by atoms with Gasteiger partial charge in [0, 0.05) is 20.6 Å². The maximum absolute atomic E-state index is 4.06. The van der Waals surface area contributed by atoms with Gasteiger partial charge in [-0.15, -0.1) is 24.0 Å². The van der Waals surface area contributed by atoms with Crippen molar-refractivity contribution in [2.45, 2.75) is 46.0 Å². The minimum absolute atomic E-state index is 0. The molecule has 0 aromatic carbocycles. The molecular formula is C12H28IN3. The first kappa shape index (κ1) is 18.4. The SMILES string of the molecule is CN=C(NC)NCCCCCCC(C)C.I. The van der Waals surface area contributed by atoms with E-state index in [1.165, 1.54) is 32.1 Å². The van der Waals surface area contributed by atoms with Gasteiger partial charge in [-0.25, -0.2) is 0 Å². The molecule has 16 heavy (non-hydrogen) atoms. The molecule has 0 aliphatic rings. The zero-order valence-corrected chi connectivity index (χ0v) is 13.5. The van der Waals surface area contributed by atoms with Crippen LogP contribution < -0.4 is 10.6 Å². The monoisotopic (exact) mass is 341 g/mol. The van der Waals surface area contributed by atoms with Gasteiger partial charge >= 0.3 is 0 Å². The van der Waals surface area contributed by atoms with Crippen LogP contribution >= 0.6 is 24.0 Å². The lowest BCUT2D eigenvalue weighted by Gasteiger charge is -2.08. The fourth-order valence-electron chi connectivity index (χ4n) is 1.52. The van der Waals surface area contributed by atoms with Crippen LogP contribution in [0.1, 0.15) is 46.0 Å². The molecule has 0 aromatic heterocycles. The maximum Gasteiger partial charge on any atom is 0.190 e. The van der Waals surface area contributed by atoms with E-state index in [0.29, 0.717) is 0 Å². The summed E-state index contributed by atoms with van der Waals surface area (Å²) in [5.74, 6) is 1.74. The lowest BCUT2D eigenvalue weighted by molar-refractivity contribution is 0.519. The maximum atomic E-state index is 4.06. The molecule has 0 aromatic rings. The summed E-state index contributed by atoms with van der Waals surface area (Å²) >= 11 is 0. The Balaban J connectivity index is 0. The number of halogens is 1. The molecular weight excluding hydrogens is 313 g/mol. The molecule has 0 fully saturated rings. The smallest absolute Gasteiger partial charge is 0.190 e. The van der Waals surface area contributed by atoms with Gasteiger partial charge in [0.25, 0.3) is 0 Å². The fourth-order valence-corrected chi connectivity index (χ4v) is 1.52. The van der Waals surface area contributed by atoms with Gasteiger partial charge in [0.05, 0.1) is 0 Å². The summed E-state index contributed by atoms with van der Waals surface area (Å²) < 4.78 is 0. The van der Waals surface area contributed by atoms with E-state index in [-0.39, 0.29) is 24.0 Å². The number of unbranched alkanes of at least 4 members (excludes halogenated alkanes) is 3. The van der Waals surface area contributed by atoms with Crippen molar-refractivity contribution in [3.05, 3.63) is 0 Å². The highest BCUT2D eigenvalue weighted by Crippen LogP contribution is 2.08. The van der Waals surface area contributed by atoms with Gasteiger partial charge in [-0.3, -0.25) is 4.99 Å².